The lowest BCUT2D eigenvalue weighted by Crippen LogP contribution is -2.37. The molecule has 0 heterocycles. The first-order chi connectivity index (χ1) is 25.6. The molecule has 0 radical (unpaired) electrons. The minimum atomic E-state index is -4.22. The number of nitrogens with zero attached hydrogens (tertiary/aromatic N) is 1. The predicted molar refractivity (Wildman–Crippen MR) is 231 cm³/mol. The first-order valence-corrected chi connectivity index (χ1v) is 23.8. The van der Waals surface area contributed by atoms with Crippen molar-refractivity contribution in [3.63, 3.8) is 0 Å². The summed E-state index contributed by atoms with van der Waals surface area (Å²) in [4.78, 5) is 23.1. The van der Waals surface area contributed by atoms with E-state index in [1.165, 1.54) is 103 Å². The third-order valence-corrected chi connectivity index (χ3v) is 11.0. The molecular weight excluding hydrogens is 702 g/mol. The standard InChI is InChI=1S/C44H82NO6PS/c1-6-8-10-12-14-16-18-20-22-23-24-25-27-29-31-33-35-37-44(46)53-43(42-51-52(47,48)50-40-38-45(3,4)5)41-49-39-36-34-32-30-28-26-21-19-17-15-13-11-9-7-2/h14,16,20,22,24-25,29,31,43H,6-13,15,17-19,21,23,26-28,30,32-42H2,1-5H3/p+1/b16-14-,22-20-,25-24-,31-29-/t43-/m0/s1. The van der Waals surface area contributed by atoms with Crippen LogP contribution in [0.3, 0.4) is 0 Å². The largest absolute Gasteiger partial charge is 0.472 e. The quantitative estimate of drug-likeness (QED) is 0.0288. The number of rotatable bonds is 39. The van der Waals surface area contributed by atoms with Crippen LogP contribution in [0.5, 0.6) is 0 Å². The van der Waals surface area contributed by atoms with E-state index in [9.17, 15) is 14.3 Å². The molecule has 310 valence electrons. The summed E-state index contributed by atoms with van der Waals surface area (Å²) in [7, 11) is 1.75. The fraction of sp³-hybridized carbons (Fsp3) is 0.795. The van der Waals surface area contributed by atoms with Gasteiger partial charge in [-0.25, -0.2) is 4.57 Å². The van der Waals surface area contributed by atoms with Crippen LogP contribution in [-0.4, -0.2) is 73.9 Å². The molecule has 7 nitrogen and oxygen atoms in total. The minimum Gasteiger partial charge on any atom is -0.380 e. The van der Waals surface area contributed by atoms with Gasteiger partial charge in [-0.1, -0.05) is 171 Å². The molecule has 0 saturated heterocycles. The van der Waals surface area contributed by atoms with Crippen LogP contribution in [0, 0.1) is 0 Å². The van der Waals surface area contributed by atoms with Crippen LogP contribution in [0.2, 0.25) is 0 Å². The molecule has 0 aromatic carbocycles. The number of allylic oxidation sites excluding steroid dienone is 8. The zero-order valence-corrected chi connectivity index (χ0v) is 36.7. The Labute approximate surface area is 332 Å². The van der Waals surface area contributed by atoms with Crippen LogP contribution >= 0.6 is 19.6 Å². The summed E-state index contributed by atoms with van der Waals surface area (Å²) in [6, 6.07) is 0. The second-order valence-corrected chi connectivity index (χ2v) is 18.2. The monoisotopic (exact) mass is 785 g/mol. The summed E-state index contributed by atoms with van der Waals surface area (Å²) in [6.07, 6.45) is 45.9. The van der Waals surface area contributed by atoms with Crippen LogP contribution in [0.15, 0.2) is 48.6 Å². The third-order valence-electron chi connectivity index (χ3n) is 8.89. The van der Waals surface area contributed by atoms with Gasteiger partial charge in [-0.05, 0) is 51.4 Å². The van der Waals surface area contributed by atoms with Crippen molar-refractivity contribution in [2.75, 3.05) is 54.1 Å². The van der Waals surface area contributed by atoms with Gasteiger partial charge in [0.15, 0.2) is 5.12 Å². The SMILES string of the molecule is CCCCC/C=C\C/C=C\C/C=C\C/C=C\CCCC(=O)S[C@@H](COCCCCCCCCCCCCCCCC)COP(=O)(O)OCC[N+](C)(C)C. The van der Waals surface area contributed by atoms with E-state index in [1.54, 1.807) is 0 Å². The fourth-order valence-electron chi connectivity index (χ4n) is 5.54. The van der Waals surface area contributed by atoms with Crippen molar-refractivity contribution in [3.8, 4) is 0 Å². The van der Waals surface area contributed by atoms with Crippen LogP contribution in [-0.2, 0) is 23.1 Å². The topological polar surface area (TPSA) is 82.1 Å². The highest BCUT2D eigenvalue weighted by Gasteiger charge is 2.26. The van der Waals surface area contributed by atoms with E-state index >= 15 is 0 Å². The third kappa shape index (κ3) is 42.0. The second-order valence-electron chi connectivity index (χ2n) is 15.4. The molecule has 0 spiro atoms. The number of ether oxygens (including phenoxy) is 1. The maximum absolute atomic E-state index is 12.8. The van der Waals surface area contributed by atoms with Crippen molar-refractivity contribution in [1.29, 1.82) is 0 Å². The van der Waals surface area contributed by atoms with Crippen LogP contribution in [0.1, 0.15) is 168 Å². The van der Waals surface area contributed by atoms with Crippen molar-refractivity contribution >= 4 is 24.7 Å². The van der Waals surface area contributed by atoms with E-state index in [4.69, 9.17) is 13.8 Å². The molecule has 0 saturated carbocycles. The molecule has 0 aromatic heterocycles. The van der Waals surface area contributed by atoms with E-state index in [2.05, 4.69) is 62.5 Å². The molecule has 1 unspecified atom stereocenters. The van der Waals surface area contributed by atoms with Gasteiger partial charge in [-0.15, -0.1) is 0 Å². The zero-order valence-electron chi connectivity index (χ0n) is 35.0. The summed E-state index contributed by atoms with van der Waals surface area (Å²) in [5, 5.41) is -0.318. The highest BCUT2D eigenvalue weighted by molar-refractivity contribution is 8.14. The lowest BCUT2D eigenvalue weighted by molar-refractivity contribution is -0.870. The minimum absolute atomic E-state index is 0.0494. The molecule has 0 aliphatic rings. The molecule has 0 aliphatic carbocycles. The van der Waals surface area contributed by atoms with E-state index < -0.39 is 7.82 Å². The average Bonchev–Trinajstić information content (AvgIpc) is 3.11. The first-order valence-electron chi connectivity index (χ1n) is 21.4. The molecule has 9 heteroatoms. The van der Waals surface area contributed by atoms with E-state index in [0.29, 0.717) is 30.7 Å². The van der Waals surface area contributed by atoms with Gasteiger partial charge in [0.25, 0.3) is 0 Å². The lowest BCUT2D eigenvalue weighted by Gasteiger charge is -2.24. The van der Waals surface area contributed by atoms with Gasteiger partial charge in [-0.3, -0.25) is 13.8 Å². The number of hydrogen-bond donors (Lipinski definition) is 1. The van der Waals surface area contributed by atoms with Gasteiger partial charge < -0.3 is 14.1 Å². The normalized spacial score (nSPS) is 14.4. The number of phosphoric ester groups is 1. The number of carbonyl (C=O) groups is 1. The molecule has 0 amide bonds. The van der Waals surface area contributed by atoms with Gasteiger partial charge in [0.2, 0.25) is 0 Å². The van der Waals surface area contributed by atoms with Gasteiger partial charge >= 0.3 is 7.82 Å². The Kier molecular flexibility index (Phi) is 37.2. The maximum Gasteiger partial charge on any atom is 0.472 e. The Morgan fingerprint density at radius 3 is 1.57 bits per heavy atom. The Morgan fingerprint density at radius 2 is 1.06 bits per heavy atom. The summed E-state index contributed by atoms with van der Waals surface area (Å²) in [5.41, 5.74) is 0. The first kappa shape index (κ1) is 52.0. The average molecular weight is 785 g/mol. The number of carbonyl (C=O) groups excluding carboxylic acids is 1. The predicted octanol–water partition coefficient (Wildman–Crippen LogP) is 13.1. The van der Waals surface area contributed by atoms with E-state index in [0.717, 1.165) is 56.7 Å². The fourth-order valence-corrected chi connectivity index (χ4v) is 7.33. The molecule has 0 bridgehead atoms. The Balaban J connectivity index is 4.36. The molecule has 0 fully saturated rings. The second kappa shape index (κ2) is 37.9. The van der Waals surface area contributed by atoms with Crippen LogP contribution in [0.4, 0.5) is 0 Å². The molecule has 0 aliphatic heterocycles. The number of quaternary nitrogens is 1. The number of phosphoric acid groups is 1. The maximum atomic E-state index is 12.8. The van der Waals surface area contributed by atoms with E-state index in [-0.39, 0.29) is 23.6 Å². The summed E-state index contributed by atoms with van der Waals surface area (Å²) >= 11 is 1.16. The van der Waals surface area contributed by atoms with Gasteiger partial charge in [0.05, 0.1) is 39.6 Å². The zero-order chi connectivity index (χ0) is 39.1. The molecule has 0 aromatic rings. The Morgan fingerprint density at radius 1 is 0.604 bits per heavy atom. The summed E-state index contributed by atoms with van der Waals surface area (Å²) in [6.45, 7) is 6.03. The molecule has 0 rings (SSSR count). The molecule has 2 atom stereocenters. The summed E-state index contributed by atoms with van der Waals surface area (Å²) < 4.78 is 29.6. The highest BCUT2D eigenvalue weighted by atomic mass is 32.2. The Bertz CT molecular complexity index is 993. The Hall–Kier alpha value is -0.990. The molecular formula is C44H83NO6PS+. The number of unbranched alkanes of at least 4 members (excludes halogenated alkanes) is 17. The van der Waals surface area contributed by atoms with Crippen LogP contribution in [0.25, 0.3) is 0 Å². The highest BCUT2D eigenvalue weighted by Crippen LogP contribution is 2.43. The molecule has 1 N–H and O–H groups in total. The van der Waals surface area contributed by atoms with Crippen LogP contribution < -0.4 is 0 Å². The van der Waals surface area contributed by atoms with Crippen molar-refractivity contribution < 1.29 is 32.5 Å². The van der Waals surface area contributed by atoms with Crippen molar-refractivity contribution in [3.05, 3.63) is 48.6 Å². The number of likely N-dealkylation sites (N-methyl/N-ethyl adjacent to an activating group) is 1. The van der Waals surface area contributed by atoms with Gasteiger partial charge in [-0.2, -0.15) is 0 Å². The van der Waals surface area contributed by atoms with Crippen molar-refractivity contribution in [2.45, 2.75) is 173 Å². The van der Waals surface area contributed by atoms with Gasteiger partial charge in [0, 0.05) is 13.0 Å². The smallest absolute Gasteiger partial charge is 0.380 e. The van der Waals surface area contributed by atoms with E-state index in [1.807, 2.05) is 21.1 Å². The van der Waals surface area contributed by atoms with Crippen molar-refractivity contribution in [1.82, 2.24) is 0 Å². The van der Waals surface area contributed by atoms with Crippen molar-refractivity contribution in [2.24, 2.45) is 0 Å². The number of thioether (sulfide) groups is 1. The summed E-state index contributed by atoms with van der Waals surface area (Å²) in [5.74, 6) is 0. The van der Waals surface area contributed by atoms with Gasteiger partial charge in [0.1, 0.15) is 13.2 Å². The lowest BCUT2D eigenvalue weighted by atomic mass is 10.0. The number of hydrogen-bond acceptors (Lipinski definition) is 6. The molecule has 53 heavy (non-hydrogen) atoms.